The van der Waals surface area contributed by atoms with E-state index >= 15 is 0 Å². The molecule has 0 amide bonds. The first-order valence-corrected chi connectivity index (χ1v) is 8.76. The van der Waals surface area contributed by atoms with Gasteiger partial charge in [0.1, 0.15) is 11.1 Å². The van der Waals surface area contributed by atoms with Gasteiger partial charge in [0.05, 0.1) is 16.3 Å². The molecule has 0 aromatic carbocycles. The third-order valence-corrected chi connectivity index (χ3v) is 5.43. The van der Waals surface area contributed by atoms with Gasteiger partial charge in [0.2, 0.25) is 0 Å². The average Bonchev–Trinajstić information content (AvgIpc) is 3.19. The van der Waals surface area contributed by atoms with E-state index in [9.17, 15) is 0 Å². The van der Waals surface area contributed by atoms with Crippen molar-refractivity contribution in [2.24, 2.45) is 0 Å². The van der Waals surface area contributed by atoms with E-state index in [-0.39, 0.29) is 6.10 Å². The predicted octanol–water partition coefficient (Wildman–Crippen LogP) is 4.11. The molecule has 1 saturated heterocycles. The second-order valence-corrected chi connectivity index (χ2v) is 6.76. The average molecular weight is 309 g/mol. The number of hydrogen-bond acceptors (Lipinski definition) is 6. The van der Waals surface area contributed by atoms with Crippen LogP contribution in [0.2, 0.25) is 0 Å². The van der Waals surface area contributed by atoms with Gasteiger partial charge < -0.3 is 10.1 Å². The zero-order chi connectivity index (χ0) is 13.9. The van der Waals surface area contributed by atoms with Crippen molar-refractivity contribution in [3.8, 4) is 10.6 Å². The Kier molecular flexibility index (Phi) is 4.33. The molecule has 1 atom stereocenters. The maximum Gasteiger partial charge on any atom is 0.182 e. The predicted molar refractivity (Wildman–Crippen MR) is 84.7 cm³/mol. The van der Waals surface area contributed by atoms with Gasteiger partial charge in [0.15, 0.2) is 5.13 Å². The Morgan fingerprint density at radius 2 is 2.35 bits per heavy atom. The highest BCUT2D eigenvalue weighted by Crippen LogP contribution is 2.38. The summed E-state index contributed by atoms with van der Waals surface area (Å²) in [6.45, 7) is 3.05. The molecule has 0 bridgehead atoms. The number of nitrogens with one attached hydrogen (secondary N) is 1. The molecule has 0 saturated carbocycles. The maximum absolute atomic E-state index is 5.77. The van der Waals surface area contributed by atoms with E-state index in [1.165, 1.54) is 10.6 Å². The standard InChI is InChI=1S/C14H19N3OS2/c1-3-5-9-12(10-8-19-14(15-2)17-10)20-13(16-9)11-6-4-7-18-11/h8,11H,3-7H2,1-2H3,(H,15,17). The van der Waals surface area contributed by atoms with Gasteiger partial charge in [-0.3, -0.25) is 0 Å². The van der Waals surface area contributed by atoms with E-state index in [2.05, 4.69) is 22.6 Å². The quantitative estimate of drug-likeness (QED) is 0.903. The lowest BCUT2D eigenvalue weighted by Gasteiger charge is -2.03. The molecule has 6 heteroatoms. The molecule has 1 aliphatic rings. The lowest BCUT2D eigenvalue weighted by Crippen LogP contribution is -1.95. The Morgan fingerprint density at radius 3 is 3.00 bits per heavy atom. The highest BCUT2D eigenvalue weighted by Gasteiger charge is 2.24. The fourth-order valence-electron chi connectivity index (χ4n) is 2.38. The first-order valence-electron chi connectivity index (χ1n) is 7.06. The molecule has 1 aliphatic heterocycles. The van der Waals surface area contributed by atoms with Crippen molar-refractivity contribution in [1.82, 2.24) is 9.97 Å². The third kappa shape index (κ3) is 2.73. The second kappa shape index (κ2) is 6.20. The summed E-state index contributed by atoms with van der Waals surface area (Å²) >= 11 is 3.39. The van der Waals surface area contributed by atoms with Gasteiger partial charge in [-0.15, -0.1) is 22.7 Å². The van der Waals surface area contributed by atoms with Crippen LogP contribution in [0.5, 0.6) is 0 Å². The number of aromatic nitrogens is 2. The highest BCUT2D eigenvalue weighted by atomic mass is 32.1. The summed E-state index contributed by atoms with van der Waals surface area (Å²) in [5.74, 6) is 0. The minimum absolute atomic E-state index is 0.201. The smallest absolute Gasteiger partial charge is 0.182 e. The number of hydrogen-bond donors (Lipinski definition) is 1. The Morgan fingerprint density at radius 1 is 1.45 bits per heavy atom. The molecule has 1 unspecified atom stereocenters. The van der Waals surface area contributed by atoms with E-state index in [1.807, 2.05) is 7.05 Å². The molecule has 2 aromatic rings. The van der Waals surface area contributed by atoms with Crippen LogP contribution < -0.4 is 5.32 Å². The van der Waals surface area contributed by atoms with Crippen molar-refractivity contribution in [3.05, 3.63) is 16.1 Å². The largest absolute Gasteiger partial charge is 0.371 e. The molecule has 1 fully saturated rings. The molecule has 0 aliphatic carbocycles. The van der Waals surface area contributed by atoms with Crippen LogP contribution >= 0.6 is 22.7 Å². The van der Waals surface area contributed by atoms with Crippen molar-refractivity contribution in [2.75, 3.05) is 19.0 Å². The number of thiazole rings is 2. The Labute approximate surface area is 127 Å². The first kappa shape index (κ1) is 14.0. The Hall–Kier alpha value is -0.980. The normalized spacial score (nSPS) is 18.6. The first-order chi connectivity index (χ1) is 9.81. The molecule has 3 rings (SSSR count). The number of rotatable bonds is 5. The number of aryl methyl sites for hydroxylation is 1. The van der Waals surface area contributed by atoms with Gasteiger partial charge in [0.25, 0.3) is 0 Å². The molecule has 20 heavy (non-hydrogen) atoms. The molecule has 2 aromatic heterocycles. The fourth-order valence-corrected chi connectivity index (χ4v) is 4.27. The monoisotopic (exact) mass is 309 g/mol. The zero-order valence-electron chi connectivity index (χ0n) is 11.8. The minimum Gasteiger partial charge on any atom is -0.371 e. The van der Waals surface area contributed by atoms with Crippen molar-refractivity contribution >= 4 is 27.8 Å². The van der Waals surface area contributed by atoms with Crippen LogP contribution in [0.1, 0.15) is 43.0 Å². The van der Waals surface area contributed by atoms with Crippen LogP contribution in [0.3, 0.4) is 0 Å². The van der Waals surface area contributed by atoms with Crippen molar-refractivity contribution in [3.63, 3.8) is 0 Å². The molecular weight excluding hydrogens is 290 g/mol. The summed E-state index contributed by atoms with van der Waals surface area (Å²) in [6, 6.07) is 0. The number of nitrogens with zero attached hydrogens (tertiary/aromatic N) is 2. The Bertz CT molecular complexity index is 573. The molecule has 108 valence electrons. The van der Waals surface area contributed by atoms with Crippen LogP contribution in [-0.2, 0) is 11.2 Å². The second-order valence-electron chi connectivity index (χ2n) is 4.87. The molecule has 1 N–H and O–H groups in total. The van der Waals surface area contributed by atoms with Gasteiger partial charge >= 0.3 is 0 Å². The van der Waals surface area contributed by atoms with Crippen LogP contribution in [0.25, 0.3) is 10.6 Å². The number of ether oxygens (including phenoxy) is 1. The summed E-state index contributed by atoms with van der Waals surface area (Å²) in [5, 5.41) is 7.28. The van der Waals surface area contributed by atoms with Crippen molar-refractivity contribution in [1.29, 1.82) is 0 Å². The third-order valence-electron chi connectivity index (χ3n) is 3.36. The zero-order valence-corrected chi connectivity index (χ0v) is 13.4. The van der Waals surface area contributed by atoms with E-state index in [1.54, 1.807) is 22.7 Å². The summed E-state index contributed by atoms with van der Waals surface area (Å²) in [5.41, 5.74) is 2.22. The molecule has 0 spiro atoms. The van der Waals surface area contributed by atoms with Crippen LogP contribution in [0.15, 0.2) is 5.38 Å². The van der Waals surface area contributed by atoms with Gasteiger partial charge in [-0.1, -0.05) is 13.3 Å². The summed E-state index contributed by atoms with van der Waals surface area (Å²) in [6.07, 6.45) is 4.54. The lowest BCUT2D eigenvalue weighted by molar-refractivity contribution is 0.111. The molecular formula is C14H19N3OS2. The summed E-state index contributed by atoms with van der Waals surface area (Å²) < 4.78 is 5.77. The topological polar surface area (TPSA) is 47.0 Å². The Balaban J connectivity index is 1.94. The van der Waals surface area contributed by atoms with Gasteiger partial charge in [0, 0.05) is 19.0 Å². The van der Waals surface area contributed by atoms with E-state index in [4.69, 9.17) is 9.72 Å². The SMILES string of the molecule is CCCc1nc(C2CCCO2)sc1-c1csc(NC)n1. The van der Waals surface area contributed by atoms with Gasteiger partial charge in [-0.05, 0) is 19.3 Å². The molecule has 3 heterocycles. The maximum atomic E-state index is 5.77. The highest BCUT2D eigenvalue weighted by molar-refractivity contribution is 7.16. The fraction of sp³-hybridized carbons (Fsp3) is 0.571. The van der Waals surface area contributed by atoms with Crippen LogP contribution in [0.4, 0.5) is 5.13 Å². The summed E-state index contributed by atoms with van der Waals surface area (Å²) in [4.78, 5) is 10.7. The van der Waals surface area contributed by atoms with Crippen molar-refractivity contribution in [2.45, 2.75) is 38.7 Å². The van der Waals surface area contributed by atoms with Crippen molar-refractivity contribution < 1.29 is 4.74 Å². The van der Waals surface area contributed by atoms with E-state index < -0.39 is 0 Å². The molecule has 0 radical (unpaired) electrons. The lowest BCUT2D eigenvalue weighted by atomic mass is 10.2. The number of anilines is 1. The van der Waals surface area contributed by atoms with Crippen LogP contribution in [-0.4, -0.2) is 23.6 Å². The minimum atomic E-state index is 0.201. The molecule has 4 nitrogen and oxygen atoms in total. The summed E-state index contributed by atoms with van der Waals surface area (Å²) in [7, 11) is 1.90. The van der Waals surface area contributed by atoms with E-state index in [0.29, 0.717) is 0 Å². The van der Waals surface area contributed by atoms with Crippen LogP contribution in [0, 0.1) is 0 Å². The van der Waals surface area contributed by atoms with Gasteiger partial charge in [-0.25, -0.2) is 9.97 Å². The van der Waals surface area contributed by atoms with Gasteiger partial charge in [-0.2, -0.15) is 0 Å². The van der Waals surface area contributed by atoms with E-state index in [0.717, 1.165) is 48.1 Å².